The summed E-state index contributed by atoms with van der Waals surface area (Å²) in [4.78, 5) is 0. The highest BCUT2D eigenvalue weighted by atomic mass is 14.9. The number of rotatable bonds is 5. The van der Waals surface area contributed by atoms with Crippen LogP contribution in [0.25, 0.3) is 0 Å². The van der Waals surface area contributed by atoms with Crippen LogP contribution in [0.5, 0.6) is 0 Å². The van der Waals surface area contributed by atoms with E-state index in [2.05, 4.69) is 48.6 Å². The monoisotopic (exact) mass is 240 g/mol. The van der Waals surface area contributed by atoms with E-state index in [0.29, 0.717) is 5.92 Å². The van der Waals surface area contributed by atoms with Crippen molar-refractivity contribution in [1.29, 1.82) is 0 Å². The van der Waals surface area contributed by atoms with E-state index in [0.717, 1.165) is 12.2 Å². The Bertz CT molecular complexity index is 453. The summed E-state index contributed by atoms with van der Waals surface area (Å²) in [6, 6.07) is 20.7. The minimum atomic E-state index is 0.104. The molecule has 3 N–H and O–H groups in total. The second-order valence-corrected chi connectivity index (χ2v) is 4.61. The van der Waals surface area contributed by atoms with Crippen LogP contribution in [-0.4, -0.2) is 12.6 Å². The Morgan fingerprint density at radius 2 is 1.50 bits per heavy atom. The Labute approximate surface area is 109 Å². The van der Waals surface area contributed by atoms with Gasteiger partial charge in [0.15, 0.2) is 0 Å². The standard InChI is InChI=1S/C16H20N2/c1-13(14-8-4-2-5-9-14)16(17)12-18-15-10-6-3-7-11-15/h2-11,13,16,18H,12,17H2,1H3/t13?,16-/m0/s1. The van der Waals surface area contributed by atoms with E-state index in [4.69, 9.17) is 5.73 Å². The molecule has 0 spiro atoms. The maximum absolute atomic E-state index is 6.23. The Morgan fingerprint density at radius 3 is 2.11 bits per heavy atom. The third kappa shape index (κ3) is 3.34. The van der Waals surface area contributed by atoms with Gasteiger partial charge in [-0.05, 0) is 23.6 Å². The van der Waals surface area contributed by atoms with Crippen molar-refractivity contribution >= 4 is 5.69 Å². The molecule has 0 amide bonds. The van der Waals surface area contributed by atoms with Gasteiger partial charge in [0.25, 0.3) is 0 Å². The predicted molar refractivity (Wildman–Crippen MR) is 77.8 cm³/mol. The summed E-state index contributed by atoms with van der Waals surface area (Å²) >= 11 is 0. The van der Waals surface area contributed by atoms with Gasteiger partial charge in [-0.25, -0.2) is 0 Å². The summed E-state index contributed by atoms with van der Waals surface area (Å²) in [6.07, 6.45) is 0. The van der Waals surface area contributed by atoms with E-state index in [1.54, 1.807) is 0 Å². The third-order valence-corrected chi connectivity index (χ3v) is 3.28. The highest BCUT2D eigenvalue weighted by Gasteiger charge is 2.13. The summed E-state index contributed by atoms with van der Waals surface area (Å²) < 4.78 is 0. The van der Waals surface area contributed by atoms with E-state index in [1.165, 1.54) is 5.56 Å². The SMILES string of the molecule is CC(c1ccccc1)[C@@H](N)CNc1ccccc1. The van der Waals surface area contributed by atoms with Crippen LogP contribution < -0.4 is 11.1 Å². The van der Waals surface area contributed by atoms with Crippen molar-refractivity contribution in [2.24, 2.45) is 5.73 Å². The Hall–Kier alpha value is -1.80. The predicted octanol–water partition coefficient (Wildman–Crippen LogP) is 3.23. The van der Waals surface area contributed by atoms with E-state index >= 15 is 0 Å². The zero-order valence-electron chi connectivity index (χ0n) is 10.7. The second-order valence-electron chi connectivity index (χ2n) is 4.61. The number of benzene rings is 2. The van der Waals surface area contributed by atoms with Crippen LogP contribution in [-0.2, 0) is 0 Å². The molecule has 0 radical (unpaired) electrons. The summed E-state index contributed by atoms with van der Waals surface area (Å²) in [5.41, 5.74) is 8.64. The van der Waals surface area contributed by atoms with Crippen LogP contribution in [0.15, 0.2) is 60.7 Å². The lowest BCUT2D eigenvalue weighted by atomic mass is 9.94. The van der Waals surface area contributed by atoms with Crippen LogP contribution in [0, 0.1) is 0 Å². The zero-order valence-corrected chi connectivity index (χ0v) is 10.7. The van der Waals surface area contributed by atoms with Gasteiger partial charge < -0.3 is 11.1 Å². The molecule has 0 aliphatic carbocycles. The fourth-order valence-electron chi connectivity index (χ4n) is 1.97. The van der Waals surface area contributed by atoms with Gasteiger partial charge in [-0.1, -0.05) is 55.5 Å². The second kappa shape index (κ2) is 6.22. The molecular formula is C16H20N2. The fourth-order valence-corrected chi connectivity index (χ4v) is 1.97. The first-order valence-corrected chi connectivity index (χ1v) is 6.37. The molecule has 0 heterocycles. The van der Waals surface area contributed by atoms with Crippen molar-refractivity contribution < 1.29 is 0 Å². The van der Waals surface area contributed by atoms with Gasteiger partial charge in [0.1, 0.15) is 0 Å². The molecule has 18 heavy (non-hydrogen) atoms. The number of nitrogens with one attached hydrogen (secondary N) is 1. The van der Waals surface area contributed by atoms with E-state index in [-0.39, 0.29) is 6.04 Å². The average molecular weight is 240 g/mol. The summed E-state index contributed by atoms with van der Waals surface area (Å²) in [6.45, 7) is 2.95. The van der Waals surface area contributed by atoms with Gasteiger partial charge in [0.2, 0.25) is 0 Å². The molecular weight excluding hydrogens is 220 g/mol. The first-order chi connectivity index (χ1) is 8.77. The fraction of sp³-hybridized carbons (Fsp3) is 0.250. The first-order valence-electron chi connectivity index (χ1n) is 6.37. The molecule has 0 aliphatic heterocycles. The lowest BCUT2D eigenvalue weighted by Gasteiger charge is -2.21. The minimum Gasteiger partial charge on any atom is -0.383 e. The smallest absolute Gasteiger partial charge is 0.0340 e. The van der Waals surface area contributed by atoms with Crippen molar-refractivity contribution in [1.82, 2.24) is 0 Å². The number of hydrogen-bond donors (Lipinski definition) is 2. The van der Waals surface area contributed by atoms with Gasteiger partial charge in [0, 0.05) is 18.3 Å². The molecule has 0 aliphatic rings. The molecule has 2 aromatic rings. The normalized spacial score (nSPS) is 13.9. The van der Waals surface area contributed by atoms with Gasteiger partial charge in [-0.2, -0.15) is 0 Å². The molecule has 2 aromatic carbocycles. The largest absolute Gasteiger partial charge is 0.383 e. The Morgan fingerprint density at radius 1 is 0.944 bits per heavy atom. The van der Waals surface area contributed by atoms with Crippen molar-refractivity contribution in [3.8, 4) is 0 Å². The first kappa shape index (κ1) is 12.7. The van der Waals surface area contributed by atoms with Gasteiger partial charge in [-0.3, -0.25) is 0 Å². The minimum absolute atomic E-state index is 0.104. The Balaban J connectivity index is 1.90. The van der Waals surface area contributed by atoms with Crippen molar-refractivity contribution in [2.75, 3.05) is 11.9 Å². The molecule has 1 unspecified atom stereocenters. The van der Waals surface area contributed by atoms with E-state index < -0.39 is 0 Å². The number of nitrogens with two attached hydrogens (primary N) is 1. The van der Waals surface area contributed by atoms with Gasteiger partial charge >= 0.3 is 0 Å². The molecule has 0 bridgehead atoms. The summed E-state index contributed by atoms with van der Waals surface area (Å²) in [5.74, 6) is 0.349. The number of hydrogen-bond acceptors (Lipinski definition) is 2. The third-order valence-electron chi connectivity index (χ3n) is 3.28. The topological polar surface area (TPSA) is 38.0 Å². The Kier molecular flexibility index (Phi) is 4.37. The lowest BCUT2D eigenvalue weighted by molar-refractivity contribution is 0.589. The molecule has 2 heteroatoms. The maximum Gasteiger partial charge on any atom is 0.0340 e. The average Bonchev–Trinajstić information content (AvgIpc) is 2.46. The van der Waals surface area contributed by atoms with Crippen molar-refractivity contribution in [3.05, 3.63) is 66.2 Å². The van der Waals surface area contributed by atoms with E-state index in [1.807, 2.05) is 24.3 Å². The van der Waals surface area contributed by atoms with Crippen LogP contribution >= 0.6 is 0 Å². The van der Waals surface area contributed by atoms with Gasteiger partial charge in [0.05, 0.1) is 0 Å². The van der Waals surface area contributed by atoms with E-state index in [9.17, 15) is 0 Å². The van der Waals surface area contributed by atoms with Crippen LogP contribution in [0.4, 0.5) is 5.69 Å². The quantitative estimate of drug-likeness (QED) is 0.842. The molecule has 0 saturated carbocycles. The number of anilines is 1. The van der Waals surface area contributed by atoms with Crippen LogP contribution in [0.1, 0.15) is 18.4 Å². The molecule has 0 saturated heterocycles. The van der Waals surface area contributed by atoms with Crippen LogP contribution in [0.3, 0.4) is 0 Å². The molecule has 94 valence electrons. The molecule has 2 nitrogen and oxygen atoms in total. The maximum atomic E-state index is 6.23. The molecule has 0 fully saturated rings. The molecule has 0 aromatic heterocycles. The lowest BCUT2D eigenvalue weighted by Crippen LogP contribution is -2.34. The summed E-state index contributed by atoms with van der Waals surface area (Å²) in [7, 11) is 0. The molecule has 2 rings (SSSR count). The highest BCUT2D eigenvalue weighted by molar-refractivity contribution is 5.42. The molecule has 2 atom stereocenters. The van der Waals surface area contributed by atoms with Crippen molar-refractivity contribution in [2.45, 2.75) is 18.9 Å². The van der Waals surface area contributed by atoms with Gasteiger partial charge in [-0.15, -0.1) is 0 Å². The van der Waals surface area contributed by atoms with Crippen molar-refractivity contribution in [3.63, 3.8) is 0 Å². The summed E-state index contributed by atoms with van der Waals surface area (Å²) in [5, 5.41) is 3.37. The van der Waals surface area contributed by atoms with Crippen LogP contribution in [0.2, 0.25) is 0 Å². The highest BCUT2D eigenvalue weighted by Crippen LogP contribution is 2.18. The number of para-hydroxylation sites is 1. The zero-order chi connectivity index (χ0) is 12.8.